The van der Waals surface area contributed by atoms with Gasteiger partial charge in [-0.1, -0.05) is 51.1 Å². The Labute approximate surface area is 214 Å². The van der Waals surface area contributed by atoms with Crippen molar-refractivity contribution < 1.29 is 19.4 Å². The number of aryl methyl sites for hydroxylation is 1. The van der Waals surface area contributed by atoms with Gasteiger partial charge in [0.1, 0.15) is 18.1 Å². The number of aromatic nitrogens is 1. The summed E-state index contributed by atoms with van der Waals surface area (Å²) >= 11 is 0. The lowest BCUT2D eigenvalue weighted by atomic mass is 9.86. The van der Waals surface area contributed by atoms with Crippen LogP contribution in [-0.4, -0.2) is 23.2 Å². The van der Waals surface area contributed by atoms with Gasteiger partial charge in [-0.3, -0.25) is 9.78 Å². The summed E-state index contributed by atoms with van der Waals surface area (Å²) in [4.78, 5) is 16.2. The molecule has 5 heteroatoms. The topological polar surface area (TPSA) is 68.7 Å². The monoisotopic (exact) mass is 487 g/mol. The highest BCUT2D eigenvalue weighted by molar-refractivity contribution is 5.69. The summed E-state index contributed by atoms with van der Waals surface area (Å²) in [6.45, 7) is 9.17. The summed E-state index contributed by atoms with van der Waals surface area (Å²) in [6, 6.07) is 16.4. The van der Waals surface area contributed by atoms with Gasteiger partial charge in [-0.05, 0) is 83.9 Å². The molecule has 1 unspecified atom stereocenters. The molecule has 0 saturated heterocycles. The minimum atomic E-state index is -0.739. The fourth-order valence-corrected chi connectivity index (χ4v) is 4.82. The van der Waals surface area contributed by atoms with E-state index in [1.807, 2.05) is 30.3 Å². The van der Waals surface area contributed by atoms with E-state index >= 15 is 0 Å². The van der Waals surface area contributed by atoms with Crippen molar-refractivity contribution in [2.45, 2.75) is 65.9 Å². The highest BCUT2D eigenvalue weighted by atomic mass is 16.5. The van der Waals surface area contributed by atoms with Crippen molar-refractivity contribution in [2.24, 2.45) is 11.3 Å². The summed E-state index contributed by atoms with van der Waals surface area (Å²) in [5.41, 5.74) is 6.52. The zero-order valence-corrected chi connectivity index (χ0v) is 22.0. The predicted molar refractivity (Wildman–Crippen MR) is 143 cm³/mol. The molecule has 1 aromatic heterocycles. The molecule has 1 heterocycles. The maximum absolute atomic E-state index is 11.4. The van der Waals surface area contributed by atoms with Crippen LogP contribution < -0.4 is 9.47 Å². The molecule has 3 aromatic rings. The fourth-order valence-electron chi connectivity index (χ4n) is 4.82. The molecule has 1 aliphatic rings. The number of carboxylic acids is 1. The van der Waals surface area contributed by atoms with E-state index < -0.39 is 5.97 Å². The summed E-state index contributed by atoms with van der Waals surface area (Å²) in [6.07, 6.45) is 5.05. The van der Waals surface area contributed by atoms with Crippen LogP contribution in [0.1, 0.15) is 68.2 Å². The van der Waals surface area contributed by atoms with Crippen LogP contribution in [0, 0.1) is 18.3 Å². The third-order valence-corrected chi connectivity index (χ3v) is 6.73. The lowest BCUT2D eigenvalue weighted by molar-refractivity contribution is -0.137. The van der Waals surface area contributed by atoms with Gasteiger partial charge in [0.05, 0.1) is 25.4 Å². The molecular formula is C31H37NO4. The zero-order chi connectivity index (χ0) is 25.9. The van der Waals surface area contributed by atoms with E-state index in [9.17, 15) is 9.90 Å². The van der Waals surface area contributed by atoms with E-state index in [4.69, 9.17) is 14.5 Å². The van der Waals surface area contributed by atoms with E-state index in [-0.39, 0.29) is 17.8 Å². The number of carboxylic acid groups (broad SMARTS) is 1. The Bertz CT molecular complexity index is 1220. The smallest absolute Gasteiger partial charge is 0.303 e. The molecule has 0 radical (unpaired) electrons. The van der Waals surface area contributed by atoms with Crippen LogP contribution in [0.15, 0.2) is 54.7 Å². The third-order valence-electron chi connectivity index (χ3n) is 6.73. The molecule has 1 N–H and O–H groups in total. The van der Waals surface area contributed by atoms with Gasteiger partial charge in [0, 0.05) is 5.56 Å². The van der Waals surface area contributed by atoms with E-state index in [1.165, 1.54) is 0 Å². The summed E-state index contributed by atoms with van der Waals surface area (Å²) in [5.74, 6) is 1.36. The molecule has 0 bridgehead atoms. The molecule has 2 aromatic carbocycles. The van der Waals surface area contributed by atoms with Gasteiger partial charge in [-0.25, -0.2) is 0 Å². The van der Waals surface area contributed by atoms with Crippen LogP contribution in [-0.2, 0) is 17.8 Å². The minimum absolute atomic E-state index is 0.0768. The predicted octanol–water partition coefficient (Wildman–Crippen LogP) is 7.20. The number of benzene rings is 2. The molecule has 1 atom stereocenters. The molecule has 190 valence electrons. The zero-order valence-electron chi connectivity index (χ0n) is 22.0. The first-order chi connectivity index (χ1) is 17.1. The van der Waals surface area contributed by atoms with Crippen LogP contribution in [0.5, 0.6) is 11.5 Å². The second-order valence-corrected chi connectivity index (χ2v) is 11.2. The van der Waals surface area contributed by atoms with Crippen molar-refractivity contribution in [1.29, 1.82) is 0 Å². The van der Waals surface area contributed by atoms with Crippen molar-refractivity contribution in [1.82, 2.24) is 4.98 Å². The van der Waals surface area contributed by atoms with Crippen LogP contribution >= 0.6 is 0 Å². The first-order valence-corrected chi connectivity index (χ1v) is 12.7. The average molecular weight is 488 g/mol. The Morgan fingerprint density at radius 3 is 2.56 bits per heavy atom. The molecule has 36 heavy (non-hydrogen) atoms. The Kier molecular flexibility index (Phi) is 7.67. The molecule has 0 aliphatic heterocycles. The maximum atomic E-state index is 11.4. The first kappa shape index (κ1) is 25.7. The van der Waals surface area contributed by atoms with E-state index in [2.05, 4.69) is 45.9 Å². The van der Waals surface area contributed by atoms with Crippen LogP contribution in [0.3, 0.4) is 0 Å². The second kappa shape index (κ2) is 10.7. The van der Waals surface area contributed by atoms with Crippen LogP contribution in [0.25, 0.3) is 11.3 Å². The summed E-state index contributed by atoms with van der Waals surface area (Å²) < 4.78 is 11.7. The molecule has 4 rings (SSSR count). The Balaban J connectivity index is 1.57. The number of pyridine rings is 1. The SMILES string of the molecule is COc1ccc(C)c(-c2ncc(OCc3cccc(C(CC(=O)O)C4CC4)c3)cc2CC(C)(C)C)c1. The van der Waals surface area contributed by atoms with Gasteiger partial charge in [0.2, 0.25) is 0 Å². The Morgan fingerprint density at radius 1 is 1.11 bits per heavy atom. The van der Waals surface area contributed by atoms with Gasteiger partial charge in [0.25, 0.3) is 0 Å². The van der Waals surface area contributed by atoms with Gasteiger partial charge in [-0.15, -0.1) is 0 Å². The van der Waals surface area contributed by atoms with Crippen molar-refractivity contribution in [3.8, 4) is 22.8 Å². The highest BCUT2D eigenvalue weighted by Crippen LogP contribution is 2.44. The first-order valence-electron chi connectivity index (χ1n) is 12.7. The third kappa shape index (κ3) is 6.66. The number of aliphatic carboxylic acids is 1. The molecule has 0 spiro atoms. The van der Waals surface area contributed by atoms with E-state index in [1.54, 1.807) is 13.3 Å². The fraction of sp³-hybridized carbons (Fsp3) is 0.419. The number of nitrogens with zero attached hydrogens (tertiary/aromatic N) is 1. The molecule has 1 aliphatic carbocycles. The molecular weight excluding hydrogens is 450 g/mol. The number of methoxy groups -OCH3 is 1. The van der Waals surface area contributed by atoms with Gasteiger partial charge in [-0.2, -0.15) is 0 Å². The van der Waals surface area contributed by atoms with Crippen LogP contribution in [0.2, 0.25) is 0 Å². The largest absolute Gasteiger partial charge is 0.497 e. The van der Waals surface area contributed by atoms with E-state index in [0.29, 0.717) is 12.5 Å². The molecule has 1 fully saturated rings. The summed E-state index contributed by atoms with van der Waals surface area (Å²) in [5, 5.41) is 9.36. The quantitative estimate of drug-likeness (QED) is 0.327. The maximum Gasteiger partial charge on any atom is 0.303 e. The van der Waals surface area contributed by atoms with E-state index in [0.717, 1.165) is 64.3 Å². The average Bonchev–Trinajstić information content (AvgIpc) is 3.66. The van der Waals surface area contributed by atoms with Gasteiger partial charge < -0.3 is 14.6 Å². The molecule has 5 nitrogen and oxygen atoms in total. The molecule has 0 amide bonds. The number of rotatable bonds is 10. The van der Waals surface area contributed by atoms with Crippen LogP contribution in [0.4, 0.5) is 0 Å². The molecule has 1 saturated carbocycles. The van der Waals surface area contributed by atoms with Crippen molar-refractivity contribution in [2.75, 3.05) is 7.11 Å². The normalized spacial score (nSPS) is 14.4. The van der Waals surface area contributed by atoms with Crippen molar-refractivity contribution in [3.63, 3.8) is 0 Å². The summed E-state index contributed by atoms with van der Waals surface area (Å²) in [7, 11) is 1.68. The van der Waals surface area contributed by atoms with Gasteiger partial charge >= 0.3 is 5.97 Å². The second-order valence-electron chi connectivity index (χ2n) is 11.2. The Hall–Kier alpha value is -3.34. The number of hydrogen-bond donors (Lipinski definition) is 1. The minimum Gasteiger partial charge on any atom is -0.497 e. The Morgan fingerprint density at radius 2 is 1.89 bits per heavy atom. The number of carbonyl (C=O) groups is 1. The lowest BCUT2D eigenvalue weighted by Gasteiger charge is -2.22. The highest BCUT2D eigenvalue weighted by Gasteiger charge is 2.33. The van der Waals surface area contributed by atoms with Crippen molar-refractivity contribution in [3.05, 3.63) is 77.0 Å². The van der Waals surface area contributed by atoms with Gasteiger partial charge in [0.15, 0.2) is 0 Å². The van der Waals surface area contributed by atoms with Crippen molar-refractivity contribution >= 4 is 5.97 Å². The number of hydrogen-bond acceptors (Lipinski definition) is 4. The lowest BCUT2D eigenvalue weighted by Crippen LogP contribution is -2.11. The standard InChI is InChI=1S/C31H37NO4/c1-20-9-12-25(35-5)15-27(20)30-24(17-31(2,3)4)14-26(18-32-30)36-19-21-7-6-8-23(13-21)28(16-29(33)34)22-10-11-22/h6-9,12-15,18,22,28H,10-11,16-17,19H2,1-5H3,(H,33,34). The number of ether oxygens (including phenoxy) is 2.